The smallest absolute Gasteiger partial charge is 0.399 e. The summed E-state index contributed by atoms with van der Waals surface area (Å²) in [5, 5.41) is 0. The largest absolute Gasteiger partial charge is 0.494 e. The molecular formula is C15H24BNO4S. The monoisotopic (exact) mass is 325 g/mol. The number of nitrogens with one attached hydrogen (secondary N) is 1. The second kappa shape index (κ2) is 5.63. The molecule has 0 atom stereocenters. The lowest BCUT2D eigenvalue weighted by Crippen LogP contribution is -2.41. The molecular weight excluding hydrogens is 301 g/mol. The minimum atomic E-state index is -3.46. The zero-order valence-electron chi connectivity index (χ0n) is 14.1. The summed E-state index contributed by atoms with van der Waals surface area (Å²) in [6.07, 6.45) is 0. The van der Waals surface area contributed by atoms with Gasteiger partial charge in [-0.15, -0.1) is 0 Å². The van der Waals surface area contributed by atoms with Gasteiger partial charge in [0.1, 0.15) is 0 Å². The Bertz CT molecular complexity index is 654. The first-order chi connectivity index (χ1) is 10.00. The fourth-order valence-electron chi connectivity index (χ4n) is 2.37. The zero-order chi connectivity index (χ0) is 16.8. The highest BCUT2D eigenvalue weighted by atomic mass is 32.2. The van der Waals surface area contributed by atoms with E-state index in [1.165, 1.54) is 0 Å². The van der Waals surface area contributed by atoms with Crippen molar-refractivity contribution < 1.29 is 17.7 Å². The number of hydrogen-bond acceptors (Lipinski definition) is 4. The maximum atomic E-state index is 12.1. The zero-order valence-corrected chi connectivity index (χ0v) is 14.9. The minimum absolute atomic E-state index is 0.287. The van der Waals surface area contributed by atoms with E-state index >= 15 is 0 Å². The van der Waals surface area contributed by atoms with Crippen LogP contribution >= 0.6 is 0 Å². The molecule has 1 N–H and O–H groups in total. The van der Waals surface area contributed by atoms with Crippen molar-refractivity contribution in [2.45, 2.75) is 57.6 Å². The Morgan fingerprint density at radius 2 is 1.68 bits per heavy atom. The van der Waals surface area contributed by atoms with Gasteiger partial charge in [0.05, 0.1) is 16.1 Å². The van der Waals surface area contributed by atoms with Crippen LogP contribution in [0.2, 0.25) is 0 Å². The molecule has 7 heteroatoms. The topological polar surface area (TPSA) is 64.6 Å². The summed E-state index contributed by atoms with van der Waals surface area (Å²) in [6, 6.07) is 5.17. The second-order valence-corrected chi connectivity index (χ2v) is 8.35. The van der Waals surface area contributed by atoms with Crippen LogP contribution in [-0.2, 0) is 19.3 Å². The van der Waals surface area contributed by atoms with E-state index in [0.717, 1.165) is 5.46 Å². The fourth-order valence-corrected chi connectivity index (χ4v) is 3.63. The van der Waals surface area contributed by atoms with Crippen LogP contribution in [0.5, 0.6) is 0 Å². The van der Waals surface area contributed by atoms with E-state index in [1.54, 1.807) is 26.0 Å². The van der Waals surface area contributed by atoms with E-state index < -0.39 is 28.3 Å². The van der Waals surface area contributed by atoms with Gasteiger partial charge in [-0.25, -0.2) is 13.1 Å². The van der Waals surface area contributed by atoms with Gasteiger partial charge in [-0.2, -0.15) is 0 Å². The van der Waals surface area contributed by atoms with Gasteiger partial charge in [0, 0.05) is 6.54 Å². The number of hydrogen-bond donors (Lipinski definition) is 1. The van der Waals surface area contributed by atoms with Crippen molar-refractivity contribution in [1.82, 2.24) is 4.72 Å². The molecule has 1 aromatic rings. The van der Waals surface area contributed by atoms with Gasteiger partial charge in [-0.1, -0.05) is 19.1 Å². The maximum absolute atomic E-state index is 12.1. The van der Waals surface area contributed by atoms with Crippen molar-refractivity contribution in [3.63, 3.8) is 0 Å². The third kappa shape index (κ3) is 3.08. The molecule has 2 rings (SSSR count). The average molecular weight is 325 g/mol. The van der Waals surface area contributed by atoms with Crippen LogP contribution in [-0.4, -0.2) is 33.3 Å². The third-order valence-corrected chi connectivity index (χ3v) is 6.05. The molecule has 1 aromatic carbocycles. The molecule has 1 aliphatic rings. The van der Waals surface area contributed by atoms with Gasteiger partial charge >= 0.3 is 7.12 Å². The summed E-state index contributed by atoms with van der Waals surface area (Å²) in [4.78, 5) is 0.287. The fraction of sp³-hybridized carbons (Fsp3) is 0.600. The number of aryl methyl sites for hydroxylation is 1. The predicted octanol–water partition coefficient (Wildman–Crippen LogP) is 1.59. The molecule has 0 unspecified atom stereocenters. The normalized spacial score (nSPS) is 20.4. The van der Waals surface area contributed by atoms with E-state index in [9.17, 15) is 8.42 Å². The first kappa shape index (κ1) is 17.5. The number of benzene rings is 1. The standard InChI is InChI=1S/C15H24BNO4S/c1-7-17-22(18,19)13-9-8-12(10-11(13)2)16-20-14(3,4)15(5,6)21-16/h8-10,17H,7H2,1-6H3. The number of rotatable bonds is 4. The van der Waals surface area contributed by atoms with Crippen LogP contribution in [0.3, 0.4) is 0 Å². The van der Waals surface area contributed by atoms with Crippen LogP contribution in [0.15, 0.2) is 23.1 Å². The average Bonchev–Trinajstić information content (AvgIpc) is 2.58. The van der Waals surface area contributed by atoms with Gasteiger partial charge in [-0.3, -0.25) is 0 Å². The van der Waals surface area contributed by atoms with Crippen molar-refractivity contribution in [3.05, 3.63) is 23.8 Å². The molecule has 122 valence electrons. The highest BCUT2D eigenvalue weighted by Gasteiger charge is 2.51. The second-order valence-electron chi connectivity index (χ2n) is 6.61. The van der Waals surface area contributed by atoms with E-state index in [1.807, 2.05) is 33.8 Å². The molecule has 5 nitrogen and oxygen atoms in total. The van der Waals surface area contributed by atoms with E-state index in [0.29, 0.717) is 12.1 Å². The summed E-state index contributed by atoms with van der Waals surface area (Å²) >= 11 is 0. The van der Waals surface area contributed by atoms with Crippen LogP contribution in [0.4, 0.5) is 0 Å². The molecule has 0 radical (unpaired) electrons. The van der Waals surface area contributed by atoms with E-state index in [-0.39, 0.29) is 4.90 Å². The summed E-state index contributed by atoms with van der Waals surface area (Å²) in [6.45, 7) is 11.9. The van der Waals surface area contributed by atoms with Crippen molar-refractivity contribution in [2.75, 3.05) is 6.54 Å². The molecule has 0 aromatic heterocycles. The first-order valence-electron chi connectivity index (χ1n) is 7.46. The predicted molar refractivity (Wildman–Crippen MR) is 87.8 cm³/mol. The lowest BCUT2D eigenvalue weighted by Gasteiger charge is -2.32. The van der Waals surface area contributed by atoms with Crippen LogP contribution in [0, 0.1) is 6.92 Å². The van der Waals surface area contributed by atoms with Crippen molar-refractivity contribution >= 4 is 22.6 Å². The SMILES string of the molecule is CCNS(=O)(=O)c1ccc(B2OC(C)(C)C(C)(C)O2)cc1C. The summed E-state index contributed by atoms with van der Waals surface area (Å²) in [5.41, 5.74) is 0.667. The Balaban J connectivity index is 2.32. The molecule has 0 saturated carbocycles. The summed E-state index contributed by atoms with van der Waals surface area (Å²) in [5.74, 6) is 0. The van der Waals surface area contributed by atoms with Gasteiger partial charge in [0.25, 0.3) is 0 Å². The minimum Gasteiger partial charge on any atom is -0.399 e. The molecule has 0 aliphatic carbocycles. The quantitative estimate of drug-likeness (QED) is 0.854. The molecule has 1 aliphatic heterocycles. The molecule has 0 spiro atoms. The van der Waals surface area contributed by atoms with Crippen LogP contribution in [0.25, 0.3) is 0 Å². The van der Waals surface area contributed by atoms with Crippen molar-refractivity contribution in [2.24, 2.45) is 0 Å². The van der Waals surface area contributed by atoms with Gasteiger partial charge in [0.2, 0.25) is 10.0 Å². The molecule has 1 fully saturated rings. The van der Waals surface area contributed by atoms with Crippen molar-refractivity contribution in [1.29, 1.82) is 0 Å². The van der Waals surface area contributed by atoms with Crippen LogP contribution in [0.1, 0.15) is 40.2 Å². The van der Waals surface area contributed by atoms with Gasteiger partial charge in [-0.05, 0) is 51.7 Å². The Morgan fingerprint density at radius 3 is 2.14 bits per heavy atom. The Hall–Kier alpha value is -0.885. The highest BCUT2D eigenvalue weighted by molar-refractivity contribution is 7.89. The number of sulfonamides is 1. The lowest BCUT2D eigenvalue weighted by molar-refractivity contribution is 0.00578. The Kier molecular flexibility index (Phi) is 4.47. The maximum Gasteiger partial charge on any atom is 0.494 e. The molecule has 0 bridgehead atoms. The Morgan fingerprint density at radius 1 is 1.14 bits per heavy atom. The molecule has 0 amide bonds. The summed E-state index contributed by atoms with van der Waals surface area (Å²) in [7, 11) is -3.95. The van der Waals surface area contributed by atoms with E-state index in [2.05, 4.69) is 4.72 Å². The summed E-state index contributed by atoms with van der Waals surface area (Å²) < 4.78 is 38.7. The van der Waals surface area contributed by atoms with Crippen molar-refractivity contribution in [3.8, 4) is 0 Å². The Labute approximate surface area is 133 Å². The third-order valence-electron chi connectivity index (χ3n) is 4.35. The highest BCUT2D eigenvalue weighted by Crippen LogP contribution is 2.36. The first-order valence-corrected chi connectivity index (χ1v) is 8.94. The molecule has 1 heterocycles. The van der Waals surface area contributed by atoms with Gasteiger partial charge in [0.15, 0.2) is 0 Å². The molecule has 1 saturated heterocycles. The lowest BCUT2D eigenvalue weighted by atomic mass is 9.78. The van der Waals surface area contributed by atoms with Crippen LogP contribution < -0.4 is 10.2 Å². The molecule has 22 heavy (non-hydrogen) atoms. The van der Waals surface area contributed by atoms with Gasteiger partial charge < -0.3 is 9.31 Å². The van der Waals surface area contributed by atoms with E-state index in [4.69, 9.17) is 9.31 Å².